The second-order valence-electron chi connectivity index (χ2n) is 5.81. The number of likely N-dealkylation sites (N-methyl/N-ethyl adjacent to an activating group) is 1. The SMILES string of the molecule is CCNC(=NCCN(CC)C1CC1)N(C)Cc1csc(C)n1.I. The molecule has 0 amide bonds. The number of nitrogens with zero attached hydrogens (tertiary/aromatic N) is 4. The van der Waals surface area contributed by atoms with Crippen LogP contribution in [0.3, 0.4) is 0 Å². The Morgan fingerprint density at radius 2 is 2.17 bits per heavy atom. The topological polar surface area (TPSA) is 43.8 Å². The molecule has 1 aliphatic carbocycles. The van der Waals surface area contributed by atoms with Gasteiger partial charge in [-0.05, 0) is 33.2 Å². The maximum absolute atomic E-state index is 4.78. The smallest absolute Gasteiger partial charge is 0.194 e. The summed E-state index contributed by atoms with van der Waals surface area (Å²) in [5.74, 6) is 0.972. The molecule has 0 unspecified atom stereocenters. The molecule has 0 radical (unpaired) electrons. The molecule has 0 bridgehead atoms. The van der Waals surface area contributed by atoms with Crippen LogP contribution in [0.25, 0.3) is 0 Å². The van der Waals surface area contributed by atoms with Gasteiger partial charge in [0, 0.05) is 31.6 Å². The average molecular weight is 451 g/mol. The van der Waals surface area contributed by atoms with E-state index in [2.05, 4.69) is 46.4 Å². The lowest BCUT2D eigenvalue weighted by molar-refractivity contribution is 0.285. The van der Waals surface area contributed by atoms with Crippen LogP contribution < -0.4 is 5.32 Å². The zero-order valence-corrected chi connectivity index (χ0v) is 17.9. The van der Waals surface area contributed by atoms with E-state index in [0.717, 1.165) is 55.4 Å². The molecular formula is C16H30IN5S. The fourth-order valence-corrected chi connectivity index (χ4v) is 3.20. The van der Waals surface area contributed by atoms with Gasteiger partial charge >= 0.3 is 0 Å². The fraction of sp³-hybridized carbons (Fsp3) is 0.750. The maximum Gasteiger partial charge on any atom is 0.194 e. The molecule has 1 fully saturated rings. The number of thiazole rings is 1. The van der Waals surface area contributed by atoms with Crippen LogP contribution >= 0.6 is 35.3 Å². The lowest BCUT2D eigenvalue weighted by atomic mass is 10.4. The quantitative estimate of drug-likeness (QED) is 0.375. The monoisotopic (exact) mass is 451 g/mol. The summed E-state index contributed by atoms with van der Waals surface area (Å²) < 4.78 is 0. The van der Waals surface area contributed by atoms with Gasteiger partial charge in [0.2, 0.25) is 0 Å². The molecule has 0 atom stereocenters. The third-order valence-corrected chi connectivity index (χ3v) is 4.70. The van der Waals surface area contributed by atoms with Crippen molar-refractivity contribution < 1.29 is 0 Å². The van der Waals surface area contributed by atoms with Gasteiger partial charge in [0.05, 0.1) is 23.8 Å². The summed E-state index contributed by atoms with van der Waals surface area (Å²) in [5, 5.41) is 6.62. The minimum absolute atomic E-state index is 0. The number of guanidine groups is 1. The van der Waals surface area contributed by atoms with E-state index in [1.165, 1.54) is 12.8 Å². The first-order chi connectivity index (χ1) is 10.6. The van der Waals surface area contributed by atoms with Crippen molar-refractivity contribution in [3.05, 3.63) is 16.1 Å². The Balaban J connectivity index is 0.00000264. The van der Waals surface area contributed by atoms with E-state index in [4.69, 9.17) is 4.99 Å². The number of aromatic nitrogens is 1. The number of aliphatic imine (C=N–C) groups is 1. The van der Waals surface area contributed by atoms with Gasteiger partial charge in [0.15, 0.2) is 5.96 Å². The second-order valence-corrected chi connectivity index (χ2v) is 6.87. The number of rotatable bonds is 8. The molecule has 1 heterocycles. The summed E-state index contributed by atoms with van der Waals surface area (Å²) >= 11 is 1.70. The Morgan fingerprint density at radius 3 is 2.70 bits per heavy atom. The summed E-state index contributed by atoms with van der Waals surface area (Å²) in [4.78, 5) is 14.0. The number of aryl methyl sites for hydroxylation is 1. The van der Waals surface area contributed by atoms with Gasteiger partial charge in [0.25, 0.3) is 0 Å². The van der Waals surface area contributed by atoms with Gasteiger partial charge in [-0.2, -0.15) is 0 Å². The molecule has 7 heteroatoms. The molecule has 132 valence electrons. The van der Waals surface area contributed by atoms with Crippen molar-refractivity contribution in [1.29, 1.82) is 0 Å². The normalized spacial score (nSPS) is 14.7. The third-order valence-electron chi connectivity index (χ3n) is 3.88. The van der Waals surface area contributed by atoms with E-state index in [0.29, 0.717) is 0 Å². The number of nitrogens with one attached hydrogen (secondary N) is 1. The molecule has 1 N–H and O–H groups in total. The number of halogens is 1. The molecule has 1 saturated carbocycles. The van der Waals surface area contributed by atoms with Crippen molar-refractivity contribution in [2.24, 2.45) is 4.99 Å². The lowest BCUT2D eigenvalue weighted by Crippen LogP contribution is -2.39. The zero-order chi connectivity index (χ0) is 15.9. The van der Waals surface area contributed by atoms with E-state index in [9.17, 15) is 0 Å². The summed E-state index contributed by atoms with van der Waals surface area (Å²) in [6, 6.07) is 0.818. The molecule has 23 heavy (non-hydrogen) atoms. The van der Waals surface area contributed by atoms with Crippen LogP contribution in [0.15, 0.2) is 10.4 Å². The molecule has 1 aromatic heterocycles. The summed E-state index contributed by atoms with van der Waals surface area (Å²) in [6.07, 6.45) is 2.72. The van der Waals surface area contributed by atoms with Crippen LogP contribution in [0.5, 0.6) is 0 Å². The molecule has 0 aromatic carbocycles. The van der Waals surface area contributed by atoms with Crippen molar-refractivity contribution in [3.63, 3.8) is 0 Å². The van der Waals surface area contributed by atoms with E-state index >= 15 is 0 Å². The van der Waals surface area contributed by atoms with E-state index in [-0.39, 0.29) is 24.0 Å². The minimum atomic E-state index is 0. The maximum atomic E-state index is 4.78. The Morgan fingerprint density at radius 1 is 1.43 bits per heavy atom. The van der Waals surface area contributed by atoms with Gasteiger partial charge in [-0.25, -0.2) is 4.98 Å². The van der Waals surface area contributed by atoms with Crippen LogP contribution in [0.2, 0.25) is 0 Å². The highest BCUT2D eigenvalue weighted by Gasteiger charge is 2.27. The summed E-state index contributed by atoms with van der Waals surface area (Å²) in [7, 11) is 2.08. The molecule has 0 saturated heterocycles. The van der Waals surface area contributed by atoms with Gasteiger partial charge in [-0.3, -0.25) is 9.89 Å². The van der Waals surface area contributed by atoms with E-state index in [1.807, 2.05) is 6.92 Å². The Bertz CT molecular complexity index is 487. The Kier molecular flexibility index (Phi) is 9.38. The highest BCUT2D eigenvalue weighted by molar-refractivity contribution is 14.0. The lowest BCUT2D eigenvalue weighted by Gasteiger charge is -2.22. The van der Waals surface area contributed by atoms with Crippen molar-refractivity contribution in [2.45, 2.75) is 46.2 Å². The predicted molar refractivity (Wildman–Crippen MR) is 110 cm³/mol. The summed E-state index contributed by atoms with van der Waals surface area (Å²) in [6.45, 7) is 11.1. The van der Waals surface area contributed by atoms with Crippen molar-refractivity contribution in [3.8, 4) is 0 Å². The van der Waals surface area contributed by atoms with Gasteiger partial charge in [-0.15, -0.1) is 35.3 Å². The molecule has 2 rings (SSSR count). The van der Waals surface area contributed by atoms with Crippen LogP contribution in [0, 0.1) is 6.92 Å². The van der Waals surface area contributed by atoms with Crippen LogP contribution in [-0.2, 0) is 6.54 Å². The van der Waals surface area contributed by atoms with Crippen LogP contribution in [-0.4, -0.2) is 60.0 Å². The molecule has 1 aromatic rings. The molecule has 0 aliphatic heterocycles. The standard InChI is InChI=1S/C16H29N5S.HI/c1-5-17-16(18-9-10-21(6-2)15-7-8-15)20(4)11-14-12-22-13(3)19-14;/h12,15H,5-11H2,1-4H3,(H,17,18);1H. The molecule has 1 aliphatic rings. The Hall–Kier alpha value is -0.410. The Labute approximate surface area is 161 Å². The highest BCUT2D eigenvalue weighted by Crippen LogP contribution is 2.25. The second kappa shape index (κ2) is 10.5. The van der Waals surface area contributed by atoms with Crippen LogP contribution in [0.1, 0.15) is 37.4 Å². The van der Waals surface area contributed by atoms with Crippen molar-refractivity contribution in [2.75, 3.05) is 33.2 Å². The first kappa shape index (κ1) is 20.6. The van der Waals surface area contributed by atoms with E-state index in [1.54, 1.807) is 11.3 Å². The molecule has 5 nitrogen and oxygen atoms in total. The number of hydrogen-bond acceptors (Lipinski definition) is 4. The zero-order valence-electron chi connectivity index (χ0n) is 14.7. The first-order valence-electron chi connectivity index (χ1n) is 8.28. The summed E-state index contributed by atoms with van der Waals surface area (Å²) in [5.41, 5.74) is 1.11. The van der Waals surface area contributed by atoms with Gasteiger partial charge in [0.1, 0.15) is 0 Å². The predicted octanol–water partition coefficient (Wildman–Crippen LogP) is 2.95. The fourth-order valence-electron chi connectivity index (χ4n) is 2.59. The minimum Gasteiger partial charge on any atom is -0.357 e. The van der Waals surface area contributed by atoms with Gasteiger partial charge in [-0.1, -0.05) is 6.92 Å². The van der Waals surface area contributed by atoms with Gasteiger partial charge < -0.3 is 10.2 Å². The third kappa shape index (κ3) is 6.93. The van der Waals surface area contributed by atoms with Crippen molar-refractivity contribution >= 4 is 41.3 Å². The highest BCUT2D eigenvalue weighted by atomic mass is 127. The van der Waals surface area contributed by atoms with Crippen LogP contribution in [0.4, 0.5) is 0 Å². The molecule has 0 spiro atoms. The average Bonchev–Trinajstić information content (AvgIpc) is 3.25. The van der Waals surface area contributed by atoms with E-state index < -0.39 is 0 Å². The van der Waals surface area contributed by atoms with Crippen molar-refractivity contribution in [1.82, 2.24) is 20.1 Å². The largest absolute Gasteiger partial charge is 0.357 e. The number of hydrogen-bond donors (Lipinski definition) is 1. The first-order valence-corrected chi connectivity index (χ1v) is 9.16. The molecular weight excluding hydrogens is 421 g/mol.